The number of β-amino-alcohol motifs (C(OH)–C–C–N with tert-alkyl or cyclic N) is 1. The summed E-state index contributed by atoms with van der Waals surface area (Å²) in [6.07, 6.45) is 0.180. The Morgan fingerprint density at radius 3 is 2.43 bits per heavy atom. The van der Waals surface area contributed by atoms with Gasteiger partial charge in [-0.2, -0.15) is 0 Å². The van der Waals surface area contributed by atoms with E-state index in [-0.39, 0.29) is 31.4 Å². The number of rotatable bonds is 7. The molecule has 1 unspecified atom stereocenters. The molecule has 1 heterocycles. The average Bonchev–Trinajstić information content (AvgIpc) is 2.86. The van der Waals surface area contributed by atoms with Crippen molar-refractivity contribution in [2.45, 2.75) is 18.9 Å². The number of aryl methyl sites for hydroxylation is 1. The summed E-state index contributed by atoms with van der Waals surface area (Å²) in [4.78, 5) is 28.1. The molecule has 1 fully saturated rings. The molecule has 1 aliphatic rings. The van der Waals surface area contributed by atoms with Gasteiger partial charge in [-0.25, -0.2) is 0 Å². The van der Waals surface area contributed by atoms with E-state index in [0.717, 1.165) is 11.3 Å². The van der Waals surface area contributed by atoms with Gasteiger partial charge in [0.15, 0.2) is 0 Å². The summed E-state index contributed by atoms with van der Waals surface area (Å²) in [7, 11) is 0. The normalized spacial score (nSPS) is 17.3. The molecule has 0 aromatic heterocycles. The van der Waals surface area contributed by atoms with Gasteiger partial charge in [0.25, 0.3) is 0 Å². The van der Waals surface area contributed by atoms with E-state index >= 15 is 0 Å². The number of carbonyl (C=O) groups is 2. The van der Waals surface area contributed by atoms with Crippen LogP contribution in [0.25, 0.3) is 0 Å². The second-order valence-corrected chi connectivity index (χ2v) is 6.91. The zero-order valence-corrected chi connectivity index (χ0v) is 15.9. The lowest BCUT2D eigenvalue weighted by Gasteiger charge is -2.22. The van der Waals surface area contributed by atoms with Crippen LogP contribution in [0.5, 0.6) is 5.75 Å². The third kappa shape index (κ3) is 5.82. The van der Waals surface area contributed by atoms with E-state index in [9.17, 15) is 14.7 Å². The van der Waals surface area contributed by atoms with Gasteiger partial charge >= 0.3 is 0 Å². The zero-order chi connectivity index (χ0) is 19.8. The summed E-state index contributed by atoms with van der Waals surface area (Å²) in [5, 5.41) is 10.3. The van der Waals surface area contributed by atoms with Crippen molar-refractivity contribution >= 4 is 11.8 Å². The molecule has 28 heavy (non-hydrogen) atoms. The molecule has 1 atom stereocenters. The molecule has 1 N–H and O–H groups in total. The van der Waals surface area contributed by atoms with E-state index in [1.807, 2.05) is 60.7 Å². The van der Waals surface area contributed by atoms with Crippen LogP contribution < -0.4 is 4.74 Å². The maximum absolute atomic E-state index is 12.6. The Balaban J connectivity index is 1.50. The van der Waals surface area contributed by atoms with Crippen molar-refractivity contribution in [1.29, 1.82) is 0 Å². The van der Waals surface area contributed by atoms with Crippen LogP contribution in [-0.2, 0) is 16.0 Å². The number of carbonyl (C=O) groups excluding carboxylic acids is 2. The minimum atomic E-state index is -0.760. The Hall–Kier alpha value is -2.86. The minimum absolute atomic E-state index is 0.00395. The van der Waals surface area contributed by atoms with Crippen molar-refractivity contribution in [3.63, 3.8) is 0 Å². The second kappa shape index (κ2) is 9.90. The number of nitrogens with zero attached hydrogens (tertiary/aromatic N) is 2. The fraction of sp³-hybridized carbons (Fsp3) is 0.364. The van der Waals surface area contributed by atoms with Crippen LogP contribution in [-0.4, -0.2) is 65.6 Å². The Labute approximate surface area is 165 Å². The predicted octanol–water partition coefficient (Wildman–Crippen LogP) is 1.73. The van der Waals surface area contributed by atoms with Gasteiger partial charge in [0.05, 0.1) is 19.2 Å². The highest BCUT2D eigenvalue weighted by Gasteiger charge is 2.29. The van der Waals surface area contributed by atoms with Crippen LogP contribution >= 0.6 is 0 Å². The van der Waals surface area contributed by atoms with Gasteiger partial charge in [0.2, 0.25) is 11.8 Å². The van der Waals surface area contributed by atoms with E-state index < -0.39 is 6.10 Å². The molecule has 6 nitrogen and oxygen atoms in total. The largest absolute Gasteiger partial charge is 0.492 e. The first kappa shape index (κ1) is 19.9. The third-order valence-corrected chi connectivity index (χ3v) is 4.74. The number of amides is 2. The lowest BCUT2D eigenvalue weighted by molar-refractivity contribution is -0.138. The van der Waals surface area contributed by atoms with E-state index in [0.29, 0.717) is 26.0 Å². The fourth-order valence-electron chi connectivity index (χ4n) is 3.25. The highest BCUT2D eigenvalue weighted by atomic mass is 16.5. The van der Waals surface area contributed by atoms with Crippen LogP contribution in [0.1, 0.15) is 12.0 Å². The smallest absolute Gasteiger partial charge is 0.242 e. The predicted molar refractivity (Wildman–Crippen MR) is 106 cm³/mol. The van der Waals surface area contributed by atoms with Gasteiger partial charge < -0.3 is 19.6 Å². The summed E-state index contributed by atoms with van der Waals surface area (Å²) in [6, 6.07) is 19.1. The molecule has 6 heteroatoms. The number of ether oxygens (including phenoxy) is 1. The molecule has 2 aromatic carbocycles. The first-order valence-corrected chi connectivity index (χ1v) is 9.57. The number of aliphatic hydroxyl groups is 1. The Morgan fingerprint density at radius 1 is 1.04 bits per heavy atom. The van der Waals surface area contributed by atoms with E-state index in [2.05, 4.69) is 0 Å². The standard InChI is InChI=1S/C22H26N2O4/c25-19-15-23(13-14-28-20-9-5-2-6-10-20)22(27)17-24(16-19)21(26)12-11-18-7-3-1-4-8-18/h1-10,19,25H,11-17H2. The zero-order valence-electron chi connectivity index (χ0n) is 15.9. The molecule has 148 valence electrons. The lowest BCUT2D eigenvalue weighted by atomic mass is 10.1. The van der Waals surface area contributed by atoms with Gasteiger partial charge in [-0.3, -0.25) is 9.59 Å². The highest BCUT2D eigenvalue weighted by Crippen LogP contribution is 2.11. The Bertz CT molecular complexity index is 767. The summed E-state index contributed by atoms with van der Waals surface area (Å²) in [5.41, 5.74) is 1.08. The molecule has 0 saturated carbocycles. The summed E-state index contributed by atoms with van der Waals surface area (Å²) >= 11 is 0. The first-order valence-electron chi connectivity index (χ1n) is 9.57. The van der Waals surface area contributed by atoms with Crippen molar-refractivity contribution < 1.29 is 19.4 Å². The number of benzene rings is 2. The molecule has 0 bridgehead atoms. The maximum Gasteiger partial charge on any atom is 0.242 e. The molecular weight excluding hydrogens is 356 g/mol. The van der Waals surface area contributed by atoms with Crippen molar-refractivity contribution in [3.8, 4) is 5.75 Å². The van der Waals surface area contributed by atoms with Crippen LogP contribution in [0.15, 0.2) is 60.7 Å². The minimum Gasteiger partial charge on any atom is -0.492 e. The monoisotopic (exact) mass is 382 g/mol. The van der Waals surface area contributed by atoms with Gasteiger partial charge in [0, 0.05) is 19.5 Å². The van der Waals surface area contributed by atoms with Crippen molar-refractivity contribution in [3.05, 3.63) is 66.2 Å². The summed E-state index contributed by atoms with van der Waals surface area (Å²) in [5.74, 6) is 0.461. The second-order valence-electron chi connectivity index (χ2n) is 6.91. The average molecular weight is 382 g/mol. The lowest BCUT2D eigenvalue weighted by Crippen LogP contribution is -2.40. The molecular formula is C22H26N2O4. The van der Waals surface area contributed by atoms with Gasteiger partial charge in [-0.15, -0.1) is 0 Å². The van der Waals surface area contributed by atoms with E-state index in [4.69, 9.17) is 4.74 Å². The number of hydrogen-bond acceptors (Lipinski definition) is 4. The molecule has 0 radical (unpaired) electrons. The van der Waals surface area contributed by atoms with Gasteiger partial charge in [-0.05, 0) is 24.1 Å². The number of aliphatic hydroxyl groups excluding tert-OH is 1. The van der Waals surface area contributed by atoms with Crippen molar-refractivity contribution in [1.82, 2.24) is 9.80 Å². The Kier molecular flexibility index (Phi) is 7.03. The van der Waals surface area contributed by atoms with E-state index in [1.165, 1.54) is 4.90 Å². The maximum atomic E-state index is 12.6. The molecule has 2 amide bonds. The third-order valence-electron chi connectivity index (χ3n) is 4.74. The van der Waals surface area contributed by atoms with Crippen LogP contribution in [0, 0.1) is 0 Å². The molecule has 0 spiro atoms. The molecule has 3 rings (SSSR count). The topological polar surface area (TPSA) is 70.1 Å². The SMILES string of the molecule is O=C1CN(C(=O)CCc2ccccc2)CC(O)CN1CCOc1ccccc1. The summed E-state index contributed by atoms with van der Waals surface area (Å²) in [6.45, 7) is 1.09. The number of hydrogen-bond donors (Lipinski definition) is 1. The summed E-state index contributed by atoms with van der Waals surface area (Å²) < 4.78 is 5.64. The van der Waals surface area contributed by atoms with Crippen LogP contribution in [0.2, 0.25) is 0 Å². The van der Waals surface area contributed by atoms with Crippen LogP contribution in [0.4, 0.5) is 0 Å². The molecule has 0 aliphatic carbocycles. The van der Waals surface area contributed by atoms with Crippen molar-refractivity contribution in [2.24, 2.45) is 0 Å². The Morgan fingerprint density at radius 2 is 1.71 bits per heavy atom. The fourth-order valence-corrected chi connectivity index (χ4v) is 3.25. The van der Waals surface area contributed by atoms with Gasteiger partial charge in [0.1, 0.15) is 12.4 Å². The number of para-hydroxylation sites is 1. The van der Waals surface area contributed by atoms with E-state index in [1.54, 1.807) is 4.90 Å². The molecule has 2 aromatic rings. The highest BCUT2D eigenvalue weighted by molar-refractivity contribution is 5.85. The molecule has 1 aliphatic heterocycles. The van der Waals surface area contributed by atoms with Crippen LogP contribution in [0.3, 0.4) is 0 Å². The quantitative estimate of drug-likeness (QED) is 0.792. The van der Waals surface area contributed by atoms with Gasteiger partial charge in [-0.1, -0.05) is 48.5 Å². The first-order chi connectivity index (χ1) is 13.6. The molecule has 1 saturated heterocycles. The van der Waals surface area contributed by atoms with Crippen molar-refractivity contribution in [2.75, 3.05) is 32.8 Å².